The van der Waals surface area contributed by atoms with Crippen molar-refractivity contribution in [2.45, 2.75) is 88.4 Å². The van der Waals surface area contributed by atoms with Crippen LogP contribution < -0.4 is 11.5 Å². The van der Waals surface area contributed by atoms with Gasteiger partial charge in [-0.2, -0.15) is 0 Å². The third-order valence-electron chi connectivity index (χ3n) is 5.26. The molecule has 212 valence electrons. The molecule has 0 bridgehead atoms. The lowest BCUT2D eigenvalue weighted by atomic mass is 10.1. The Morgan fingerprint density at radius 3 is 1.32 bits per heavy atom. The van der Waals surface area contributed by atoms with Crippen LogP contribution in [-0.4, -0.2) is 41.9 Å². The summed E-state index contributed by atoms with van der Waals surface area (Å²) in [5.41, 5.74) is 12.5. The number of nitrogens with two attached hydrogens (primary N) is 2. The molecule has 7 nitrogen and oxygen atoms in total. The van der Waals surface area contributed by atoms with Crippen molar-refractivity contribution >= 4 is 41.9 Å². The van der Waals surface area contributed by atoms with Crippen LogP contribution in [0, 0.1) is 0 Å². The SMILES string of the molecule is C=O.CCCCC(Cl)OC(=O)[C@@H](N)Cc1ccccc1.CCCCC(Cl)OC(=O)[C@@H](N)Cc1ccccc1. The van der Waals surface area contributed by atoms with Crippen molar-refractivity contribution in [3.63, 3.8) is 0 Å². The van der Waals surface area contributed by atoms with Gasteiger partial charge in [0.15, 0.2) is 11.1 Å². The molecule has 9 heteroatoms. The lowest BCUT2D eigenvalue weighted by Crippen LogP contribution is -2.35. The van der Waals surface area contributed by atoms with Crippen LogP contribution in [0.5, 0.6) is 0 Å². The van der Waals surface area contributed by atoms with Crippen molar-refractivity contribution < 1.29 is 23.9 Å². The summed E-state index contributed by atoms with van der Waals surface area (Å²) in [6.45, 7) is 6.12. The minimum Gasteiger partial charge on any atom is -0.445 e. The van der Waals surface area contributed by atoms with Gasteiger partial charge in [0.2, 0.25) is 0 Å². The highest BCUT2D eigenvalue weighted by Crippen LogP contribution is 2.12. The predicted molar refractivity (Wildman–Crippen MR) is 154 cm³/mol. The number of unbranched alkanes of at least 4 members (excludes halogenated alkanes) is 2. The van der Waals surface area contributed by atoms with Crippen molar-refractivity contribution in [2.24, 2.45) is 11.5 Å². The average Bonchev–Trinajstić information content (AvgIpc) is 2.93. The number of hydrogen-bond donors (Lipinski definition) is 2. The summed E-state index contributed by atoms with van der Waals surface area (Å²) >= 11 is 11.8. The van der Waals surface area contributed by atoms with Gasteiger partial charge >= 0.3 is 11.9 Å². The molecule has 2 aromatic carbocycles. The lowest BCUT2D eigenvalue weighted by Gasteiger charge is -2.15. The Balaban J connectivity index is 0.000000676. The van der Waals surface area contributed by atoms with Crippen LogP contribution in [0.1, 0.15) is 63.5 Å². The van der Waals surface area contributed by atoms with E-state index in [1.807, 2.05) is 67.5 Å². The van der Waals surface area contributed by atoms with Crippen LogP contribution in [0.2, 0.25) is 0 Å². The second-order valence-corrected chi connectivity index (χ2v) is 9.54. The molecule has 0 heterocycles. The molecule has 0 aliphatic heterocycles. The van der Waals surface area contributed by atoms with Gasteiger partial charge in [-0.05, 0) is 49.7 Å². The van der Waals surface area contributed by atoms with E-state index in [1.54, 1.807) is 0 Å². The molecule has 0 saturated carbocycles. The molecular formula is C29H42Cl2N2O5. The van der Waals surface area contributed by atoms with Crippen LogP contribution in [0.3, 0.4) is 0 Å². The zero-order chi connectivity index (χ0) is 28.8. The van der Waals surface area contributed by atoms with Gasteiger partial charge in [0.25, 0.3) is 0 Å². The van der Waals surface area contributed by atoms with E-state index in [-0.39, 0.29) is 0 Å². The summed E-state index contributed by atoms with van der Waals surface area (Å²) in [5.74, 6) is -0.870. The number of halogens is 2. The molecule has 4 atom stereocenters. The first kappa shape index (κ1) is 35.5. The Hall–Kier alpha value is -2.45. The molecule has 0 aliphatic carbocycles. The summed E-state index contributed by atoms with van der Waals surface area (Å²) in [7, 11) is 0. The minimum atomic E-state index is -0.657. The van der Waals surface area contributed by atoms with Crippen molar-refractivity contribution in [3.8, 4) is 0 Å². The van der Waals surface area contributed by atoms with Gasteiger partial charge in [-0.25, -0.2) is 0 Å². The zero-order valence-corrected chi connectivity index (χ0v) is 23.9. The van der Waals surface area contributed by atoms with E-state index in [4.69, 9.17) is 48.9 Å². The van der Waals surface area contributed by atoms with Crippen molar-refractivity contribution in [1.29, 1.82) is 0 Å². The smallest absolute Gasteiger partial charge is 0.324 e. The average molecular weight is 570 g/mol. The van der Waals surface area contributed by atoms with Gasteiger partial charge in [0, 0.05) is 0 Å². The number of benzene rings is 2. The molecule has 0 fully saturated rings. The highest BCUT2D eigenvalue weighted by atomic mass is 35.5. The predicted octanol–water partition coefficient (Wildman–Crippen LogP) is 5.52. The molecule has 0 spiro atoms. The maximum absolute atomic E-state index is 11.7. The number of alkyl halides is 2. The molecule has 2 rings (SSSR count). The fourth-order valence-electron chi connectivity index (χ4n) is 3.18. The van der Waals surface area contributed by atoms with E-state index in [0.29, 0.717) is 25.7 Å². The Morgan fingerprint density at radius 2 is 1.03 bits per heavy atom. The van der Waals surface area contributed by atoms with E-state index in [2.05, 4.69) is 13.8 Å². The molecule has 0 saturated heterocycles. The Kier molecular flexibility index (Phi) is 21.1. The molecule has 2 unspecified atom stereocenters. The van der Waals surface area contributed by atoms with Crippen molar-refractivity contribution in [3.05, 3.63) is 71.8 Å². The zero-order valence-electron chi connectivity index (χ0n) is 22.4. The number of ether oxygens (including phenoxy) is 2. The van der Waals surface area contributed by atoms with Crippen molar-refractivity contribution in [2.75, 3.05) is 0 Å². The fourth-order valence-corrected chi connectivity index (χ4v) is 3.66. The standard InChI is InChI=1S/2C14H20ClNO2.CH2O/c2*1-2-3-9-13(15)18-14(17)12(16)10-11-7-5-4-6-8-11;1-2/h2*4-8,12-13H,2-3,9-10,16H2,1H3;1H2/t2*12-,13?;/m00./s1. The monoisotopic (exact) mass is 568 g/mol. The normalized spacial score (nSPS) is 13.3. The maximum atomic E-state index is 11.7. The topological polar surface area (TPSA) is 122 Å². The number of carbonyl (C=O) groups is 3. The van der Waals surface area contributed by atoms with Crippen LogP contribution in [0.4, 0.5) is 0 Å². The highest BCUT2D eigenvalue weighted by Gasteiger charge is 2.20. The second kappa shape index (κ2) is 22.5. The maximum Gasteiger partial charge on any atom is 0.324 e. The van der Waals surface area contributed by atoms with E-state index in [0.717, 1.165) is 36.8 Å². The molecule has 0 aromatic heterocycles. The molecular weight excluding hydrogens is 527 g/mol. The van der Waals surface area contributed by atoms with Crippen molar-refractivity contribution in [1.82, 2.24) is 0 Å². The largest absolute Gasteiger partial charge is 0.445 e. The first-order valence-electron chi connectivity index (χ1n) is 12.8. The Labute approximate surface area is 237 Å². The summed E-state index contributed by atoms with van der Waals surface area (Å²) < 4.78 is 10.2. The van der Waals surface area contributed by atoms with Gasteiger partial charge in [-0.3, -0.25) is 9.59 Å². The summed E-state index contributed by atoms with van der Waals surface area (Å²) in [6.07, 6.45) is 6.20. The summed E-state index contributed by atoms with van der Waals surface area (Å²) in [6, 6.07) is 17.9. The van der Waals surface area contributed by atoms with E-state index in [1.165, 1.54) is 0 Å². The molecule has 0 amide bonds. The number of carbonyl (C=O) groups excluding carboxylic acids is 3. The molecule has 4 N–H and O–H groups in total. The summed E-state index contributed by atoms with van der Waals surface area (Å²) in [4.78, 5) is 31.4. The van der Waals surface area contributed by atoms with E-state index < -0.39 is 35.1 Å². The highest BCUT2D eigenvalue weighted by molar-refractivity contribution is 6.20. The minimum absolute atomic E-state index is 0.435. The molecule has 2 aromatic rings. The van der Waals surface area contributed by atoms with Crippen LogP contribution in [0.15, 0.2) is 60.7 Å². The van der Waals surface area contributed by atoms with Gasteiger partial charge in [-0.1, -0.05) is 111 Å². The van der Waals surface area contributed by atoms with Crippen LogP contribution in [-0.2, 0) is 36.7 Å². The molecule has 0 radical (unpaired) electrons. The number of rotatable bonds is 14. The Bertz CT molecular complexity index is 802. The van der Waals surface area contributed by atoms with E-state index in [9.17, 15) is 9.59 Å². The first-order valence-corrected chi connectivity index (χ1v) is 13.7. The van der Waals surface area contributed by atoms with E-state index >= 15 is 0 Å². The number of hydrogen-bond acceptors (Lipinski definition) is 7. The second-order valence-electron chi connectivity index (χ2n) is 8.57. The van der Waals surface area contributed by atoms with Crippen LogP contribution >= 0.6 is 23.2 Å². The van der Waals surface area contributed by atoms with Gasteiger partial charge < -0.3 is 25.7 Å². The molecule has 38 heavy (non-hydrogen) atoms. The van der Waals surface area contributed by atoms with Crippen LogP contribution in [0.25, 0.3) is 0 Å². The van der Waals surface area contributed by atoms with Gasteiger partial charge in [0.1, 0.15) is 18.9 Å². The summed E-state index contributed by atoms with van der Waals surface area (Å²) in [5, 5.41) is 0. The number of esters is 2. The third-order valence-corrected chi connectivity index (χ3v) is 5.87. The Morgan fingerprint density at radius 1 is 0.711 bits per heavy atom. The third kappa shape index (κ3) is 17.1. The first-order chi connectivity index (χ1) is 18.3. The molecule has 0 aliphatic rings. The lowest BCUT2D eigenvalue weighted by molar-refractivity contribution is -0.148. The van der Waals surface area contributed by atoms with Gasteiger partial charge in [0.05, 0.1) is 0 Å². The van der Waals surface area contributed by atoms with Gasteiger partial charge in [-0.15, -0.1) is 0 Å². The quantitative estimate of drug-likeness (QED) is 0.227. The fraction of sp³-hybridized carbons (Fsp3) is 0.483.